The van der Waals surface area contributed by atoms with Crippen molar-refractivity contribution in [3.05, 3.63) is 12.2 Å². The number of aliphatic hydroxyl groups excluding tert-OH is 1. The van der Waals surface area contributed by atoms with E-state index < -0.39 is 0 Å². The van der Waals surface area contributed by atoms with Gasteiger partial charge in [0.05, 0.1) is 12.6 Å². The molecule has 0 spiro atoms. The van der Waals surface area contributed by atoms with E-state index in [4.69, 9.17) is 9.84 Å². The molecule has 3 heteroatoms. The third-order valence-electron chi connectivity index (χ3n) is 2.78. The maximum Gasteiger partial charge on any atom is 0.0950 e. The highest BCUT2D eigenvalue weighted by Crippen LogP contribution is 2.40. The molecule has 0 radical (unpaired) electrons. The van der Waals surface area contributed by atoms with Gasteiger partial charge in [0.25, 0.3) is 0 Å². The van der Waals surface area contributed by atoms with Gasteiger partial charge in [0, 0.05) is 25.3 Å². The van der Waals surface area contributed by atoms with Crippen LogP contribution >= 0.6 is 0 Å². The van der Waals surface area contributed by atoms with E-state index in [1.165, 1.54) is 0 Å². The highest BCUT2D eigenvalue weighted by Gasteiger charge is 2.39. The van der Waals surface area contributed by atoms with Gasteiger partial charge in [0.2, 0.25) is 0 Å². The van der Waals surface area contributed by atoms with Crippen LogP contribution in [-0.2, 0) is 4.74 Å². The SMILES string of the molecule is COC1C=CC(C2CC2CO)=NC1. The third kappa shape index (κ3) is 1.81. The Labute approximate surface area is 78.1 Å². The number of dihydropyridines is 1. The minimum absolute atomic E-state index is 0.148. The van der Waals surface area contributed by atoms with Crippen molar-refractivity contribution in [1.82, 2.24) is 0 Å². The molecule has 1 N–H and O–H groups in total. The molecule has 1 fully saturated rings. The van der Waals surface area contributed by atoms with Crippen LogP contribution < -0.4 is 0 Å². The number of methoxy groups -OCH3 is 1. The van der Waals surface area contributed by atoms with E-state index in [2.05, 4.69) is 11.1 Å². The molecule has 1 aliphatic heterocycles. The molecule has 0 aromatic rings. The van der Waals surface area contributed by atoms with Crippen LogP contribution in [0.25, 0.3) is 0 Å². The first-order chi connectivity index (χ1) is 6.35. The summed E-state index contributed by atoms with van der Waals surface area (Å²) in [6.45, 7) is 1.03. The van der Waals surface area contributed by atoms with Crippen LogP contribution in [0.3, 0.4) is 0 Å². The molecular formula is C10H15NO2. The predicted octanol–water partition coefficient (Wildman–Crippen LogP) is 0.641. The number of rotatable bonds is 3. The molecule has 1 saturated carbocycles. The first-order valence-corrected chi connectivity index (χ1v) is 4.71. The number of allylic oxidation sites excluding steroid dienone is 1. The van der Waals surface area contributed by atoms with E-state index in [9.17, 15) is 0 Å². The van der Waals surface area contributed by atoms with Gasteiger partial charge in [0.15, 0.2) is 0 Å². The molecule has 0 aromatic carbocycles. The second-order valence-corrected chi connectivity index (χ2v) is 3.68. The highest BCUT2D eigenvalue weighted by molar-refractivity contribution is 5.99. The third-order valence-corrected chi connectivity index (χ3v) is 2.78. The summed E-state index contributed by atoms with van der Waals surface area (Å²) in [5.41, 5.74) is 1.15. The largest absolute Gasteiger partial charge is 0.396 e. The summed E-state index contributed by atoms with van der Waals surface area (Å²) in [6, 6.07) is 0. The lowest BCUT2D eigenvalue weighted by atomic mass is 10.1. The summed E-state index contributed by atoms with van der Waals surface area (Å²) < 4.78 is 5.15. The quantitative estimate of drug-likeness (QED) is 0.694. The average molecular weight is 181 g/mol. The van der Waals surface area contributed by atoms with Gasteiger partial charge >= 0.3 is 0 Å². The lowest BCUT2D eigenvalue weighted by molar-refractivity contribution is 0.147. The maximum atomic E-state index is 8.90. The van der Waals surface area contributed by atoms with Crippen molar-refractivity contribution in [2.45, 2.75) is 12.5 Å². The Morgan fingerprint density at radius 2 is 2.54 bits per heavy atom. The Balaban J connectivity index is 1.90. The van der Waals surface area contributed by atoms with Crippen molar-refractivity contribution >= 4 is 5.71 Å². The van der Waals surface area contributed by atoms with Gasteiger partial charge in [-0.05, 0) is 18.4 Å². The van der Waals surface area contributed by atoms with Gasteiger partial charge in [-0.3, -0.25) is 4.99 Å². The van der Waals surface area contributed by atoms with Crippen LogP contribution in [0.15, 0.2) is 17.1 Å². The molecule has 1 heterocycles. The summed E-state index contributed by atoms with van der Waals surface area (Å²) in [5.74, 6) is 0.974. The molecular weight excluding hydrogens is 166 g/mol. The molecule has 3 unspecified atom stereocenters. The second-order valence-electron chi connectivity index (χ2n) is 3.68. The number of hydrogen-bond acceptors (Lipinski definition) is 3. The Morgan fingerprint density at radius 3 is 3.00 bits per heavy atom. The molecule has 0 bridgehead atoms. The molecule has 1 aliphatic carbocycles. The van der Waals surface area contributed by atoms with Gasteiger partial charge in [0.1, 0.15) is 0 Å². The van der Waals surface area contributed by atoms with Gasteiger partial charge in [-0.15, -0.1) is 0 Å². The Kier molecular flexibility index (Phi) is 2.47. The molecule has 3 atom stereocenters. The highest BCUT2D eigenvalue weighted by atomic mass is 16.5. The number of aliphatic hydroxyl groups is 1. The van der Waals surface area contributed by atoms with E-state index >= 15 is 0 Å². The molecule has 0 aromatic heterocycles. The van der Waals surface area contributed by atoms with Crippen LogP contribution in [0.5, 0.6) is 0 Å². The van der Waals surface area contributed by atoms with Crippen LogP contribution in [0.2, 0.25) is 0 Å². The molecule has 3 nitrogen and oxygen atoms in total. The number of aliphatic imine (C=N–C) groups is 1. The van der Waals surface area contributed by atoms with Crippen molar-refractivity contribution in [2.75, 3.05) is 20.3 Å². The van der Waals surface area contributed by atoms with E-state index in [-0.39, 0.29) is 6.10 Å². The zero-order chi connectivity index (χ0) is 9.26. The summed E-state index contributed by atoms with van der Waals surface area (Å²) in [7, 11) is 1.70. The van der Waals surface area contributed by atoms with Crippen molar-refractivity contribution < 1.29 is 9.84 Å². The Hall–Kier alpha value is -0.670. The van der Waals surface area contributed by atoms with E-state index in [1.807, 2.05) is 6.08 Å². The lowest BCUT2D eigenvalue weighted by Crippen LogP contribution is -2.18. The first kappa shape index (κ1) is 8.91. The molecule has 0 amide bonds. The average Bonchev–Trinajstić information content (AvgIpc) is 2.97. The molecule has 0 saturated heterocycles. The van der Waals surface area contributed by atoms with Crippen molar-refractivity contribution in [2.24, 2.45) is 16.8 Å². The summed E-state index contributed by atoms with van der Waals surface area (Å²) in [5, 5.41) is 8.90. The summed E-state index contributed by atoms with van der Waals surface area (Å²) in [6.07, 6.45) is 5.33. The number of nitrogens with zero attached hydrogens (tertiary/aromatic N) is 1. The van der Waals surface area contributed by atoms with Crippen molar-refractivity contribution in [3.63, 3.8) is 0 Å². The zero-order valence-corrected chi connectivity index (χ0v) is 7.81. The molecule has 72 valence electrons. The smallest absolute Gasteiger partial charge is 0.0950 e. The van der Waals surface area contributed by atoms with Crippen molar-refractivity contribution in [1.29, 1.82) is 0 Å². The second kappa shape index (κ2) is 3.60. The Bertz CT molecular complexity index is 247. The van der Waals surface area contributed by atoms with E-state index in [1.54, 1.807) is 7.11 Å². The van der Waals surface area contributed by atoms with Crippen molar-refractivity contribution in [3.8, 4) is 0 Å². The van der Waals surface area contributed by atoms with Crippen LogP contribution in [0.1, 0.15) is 6.42 Å². The van der Waals surface area contributed by atoms with Gasteiger partial charge in [-0.1, -0.05) is 6.08 Å². The van der Waals surface area contributed by atoms with Gasteiger partial charge in [-0.25, -0.2) is 0 Å². The summed E-state index contributed by atoms with van der Waals surface area (Å²) >= 11 is 0. The maximum absolute atomic E-state index is 8.90. The Morgan fingerprint density at radius 1 is 1.69 bits per heavy atom. The molecule has 13 heavy (non-hydrogen) atoms. The number of ether oxygens (including phenoxy) is 1. The fraction of sp³-hybridized carbons (Fsp3) is 0.700. The van der Waals surface area contributed by atoms with Gasteiger partial charge < -0.3 is 9.84 Å². The minimum atomic E-state index is 0.148. The van der Waals surface area contributed by atoms with Gasteiger partial charge in [-0.2, -0.15) is 0 Å². The predicted molar refractivity (Wildman–Crippen MR) is 50.9 cm³/mol. The van der Waals surface area contributed by atoms with Crippen LogP contribution in [0.4, 0.5) is 0 Å². The van der Waals surface area contributed by atoms with Crippen LogP contribution in [0, 0.1) is 11.8 Å². The van der Waals surface area contributed by atoms with E-state index in [0.717, 1.165) is 18.7 Å². The fourth-order valence-electron chi connectivity index (χ4n) is 1.72. The topological polar surface area (TPSA) is 41.8 Å². The number of hydrogen-bond donors (Lipinski definition) is 1. The molecule has 2 aliphatic rings. The monoisotopic (exact) mass is 181 g/mol. The first-order valence-electron chi connectivity index (χ1n) is 4.71. The zero-order valence-electron chi connectivity index (χ0n) is 7.81. The molecule has 2 rings (SSSR count). The summed E-state index contributed by atoms with van der Waals surface area (Å²) in [4.78, 5) is 4.44. The van der Waals surface area contributed by atoms with E-state index in [0.29, 0.717) is 18.4 Å². The normalized spacial score (nSPS) is 37.4. The standard InChI is InChI=1S/C10H15NO2/c1-13-8-2-3-10(11-5-8)9-4-7(9)6-12/h2-3,7-9,12H,4-6H2,1H3. The lowest BCUT2D eigenvalue weighted by Gasteiger charge is -2.13. The van der Waals surface area contributed by atoms with Crippen LogP contribution in [-0.4, -0.2) is 37.2 Å². The fourth-order valence-corrected chi connectivity index (χ4v) is 1.72. The minimum Gasteiger partial charge on any atom is -0.396 e.